The molecule has 3 heterocycles. The monoisotopic (exact) mass is 740 g/mol. The number of hydrogen-bond acceptors (Lipinski definition) is 12. The Morgan fingerprint density at radius 2 is 1.68 bits per heavy atom. The molecule has 0 saturated carbocycles. The smallest absolute Gasteiger partial charge is 0.373 e. The first kappa shape index (κ1) is 43.1. The fourth-order valence-electron chi connectivity index (χ4n) is 6.33. The number of unbranched alkanes of at least 4 members (excludes halogenated alkanes) is 1. The van der Waals surface area contributed by atoms with Crippen molar-refractivity contribution < 1.29 is 57.1 Å². The van der Waals surface area contributed by atoms with Gasteiger partial charge in [-0.1, -0.05) is 69.2 Å². The van der Waals surface area contributed by atoms with E-state index in [0.29, 0.717) is 37.7 Å². The summed E-state index contributed by atoms with van der Waals surface area (Å²) in [5.41, 5.74) is 0.555. The largest absolute Gasteiger partial charge is 0.466 e. The third-order valence-corrected chi connectivity index (χ3v) is 9.83. The Morgan fingerprint density at radius 1 is 0.943 bits per heavy atom. The second-order valence-electron chi connectivity index (χ2n) is 13.9. The van der Waals surface area contributed by atoms with E-state index in [-0.39, 0.29) is 29.3 Å². The number of aliphatic hydroxyl groups is 1. The number of allylic oxidation sites excluding steroid dienone is 4. The molecule has 12 heteroatoms. The molecular weight excluding hydrogens is 684 g/mol. The van der Waals surface area contributed by atoms with Crippen molar-refractivity contribution in [3.05, 3.63) is 83.4 Å². The van der Waals surface area contributed by atoms with Crippen LogP contribution in [-0.4, -0.2) is 80.0 Å². The van der Waals surface area contributed by atoms with E-state index in [1.165, 1.54) is 45.8 Å². The van der Waals surface area contributed by atoms with Crippen LogP contribution in [-0.2, 0) is 38.0 Å². The summed E-state index contributed by atoms with van der Waals surface area (Å²) >= 11 is 0. The lowest BCUT2D eigenvalue weighted by Gasteiger charge is -2.53. The van der Waals surface area contributed by atoms with Crippen molar-refractivity contribution in [1.82, 2.24) is 0 Å². The van der Waals surface area contributed by atoms with Crippen LogP contribution in [0.15, 0.2) is 76.5 Å². The summed E-state index contributed by atoms with van der Waals surface area (Å²) in [5, 5.41) is 10.5. The predicted octanol–water partition coefficient (Wildman–Crippen LogP) is 7.14. The summed E-state index contributed by atoms with van der Waals surface area (Å²) in [4.78, 5) is 49.0. The highest BCUT2D eigenvalue weighted by Crippen LogP contribution is 2.48. The van der Waals surface area contributed by atoms with Gasteiger partial charge in [0.05, 0.1) is 39.1 Å². The van der Waals surface area contributed by atoms with E-state index in [1.54, 1.807) is 25.2 Å². The molecule has 0 aliphatic carbocycles. The quantitative estimate of drug-likeness (QED) is 0.0792. The van der Waals surface area contributed by atoms with E-state index in [0.717, 1.165) is 24.8 Å². The van der Waals surface area contributed by atoms with Crippen LogP contribution in [0.4, 0.5) is 0 Å². The lowest BCUT2D eigenvalue weighted by Crippen LogP contribution is -2.59. The Labute approximate surface area is 312 Å². The molecule has 0 radical (unpaired) electrons. The van der Waals surface area contributed by atoms with Crippen molar-refractivity contribution in [3.63, 3.8) is 0 Å². The van der Waals surface area contributed by atoms with E-state index in [2.05, 4.69) is 24.7 Å². The Balaban J connectivity index is 1.87. The SMILES string of the molecule is CCCC[C@@]1(OC(=O)c2coc(C(=O)OC)c2)CC[C@]2(CC[C@H](C)[C@@H](C/C=C(C)/C=C/[C@H](O)[C@@H](C)/C=C/C(=O)OC)O2)O[C@H]1/C=C/C(C)=C/C(=O)OC. The summed E-state index contributed by atoms with van der Waals surface area (Å²) in [7, 11) is 3.83. The van der Waals surface area contributed by atoms with Crippen molar-refractivity contribution in [1.29, 1.82) is 0 Å². The normalized spacial score (nSPS) is 26.5. The highest BCUT2D eigenvalue weighted by molar-refractivity contribution is 5.94. The van der Waals surface area contributed by atoms with Gasteiger partial charge in [0.25, 0.3) is 0 Å². The Bertz CT molecular complexity index is 1560. The highest BCUT2D eigenvalue weighted by atomic mass is 16.7. The van der Waals surface area contributed by atoms with Gasteiger partial charge in [0, 0.05) is 37.0 Å². The summed E-state index contributed by atoms with van der Waals surface area (Å²) in [5.74, 6) is -3.46. The van der Waals surface area contributed by atoms with E-state index in [4.69, 9.17) is 28.1 Å². The number of hydrogen-bond donors (Lipinski definition) is 1. The first-order valence-corrected chi connectivity index (χ1v) is 18.2. The lowest BCUT2D eigenvalue weighted by molar-refractivity contribution is -0.343. The number of furan rings is 1. The average molecular weight is 741 g/mol. The van der Waals surface area contributed by atoms with E-state index < -0.39 is 47.5 Å². The minimum Gasteiger partial charge on any atom is -0.466 e. The Kier molecular flexibility index (Phi) is 16.5. The van der Waals surface area contributed by atoms with Gasteiger partial charge in [-0.15, -0.1) is 0 Å². The van der Waals surface area contributed by atoms with Crippen LogP contribution in [0.25, 0.3) is 0 Å². The Hall–Kier alpha value is -4.26. The van der Waals surface area contributed by atoms with Gasteiger partial charge in [0.2, 0.25) is 5.76 Å². The molecule has 2 aliphatic heterocycles. The number of carbonyl (C=O) groups excluding carboxylic acids is 4. The third-order valence-electron chi connectivity index (χ3n) is 9.83. The topological polar surface area (TPSA) is 157 Å². The molecule has 1 N–H and O–H groups in total. The molecule has 1 aromatic heterocycles. The number of rotatable bonds is 16. The molecule has 7 atom stereocenters. The van der Waals surface area contributed by atoms with Crippen LogP contribution in [0.3, 0.4) is 0 Å². The summed E-state index contributed by atoms with van der Waals surface area (Å²) in [6.45, 7) is 9.73. The fourth-order valence-corrected chi connectivity index (χ4v) is 6.33. The van der Waals surface area contributed by atoms with E-state index in [1.807, 2.05) is 26.0 Å². The molecular formula is C41H56O12. The van der Waals surface area contributed by atoms with Crippen LogP contribution < -0.4 is 0 Å². The molecule has 3 rings (SSSR count). The van der Waals surface area contributed by atoms with Gasteiger partial charge in [0.15, 0.2) is 5.79 Å². The molecule has 53 heavy (non-hydrogen) atoms. The maximum absolute atomic E-state index is 13.6. The van der Waals surface area contributed by atoms with Gasteiger partial charge in [-0.2, -0.15) is 0 Å². The zero-order chi connectivity index (χ0) is 39.2. The summed E-state index contributed by atoms with van der Waals surface area (Å²) in [6.07, 6.45) is 18.0. The van der Waals surface area contributed by atoms with Gasteiger partial charge in [-0.05, 0) is 57.4 Å². The van der Waals surface area contributed by atoms with E-state index in [9.17, 15) is 24.3 Å². The van der Waals surface area contributed by atoms with Crippen LogP contribution in [0, 0.1) is 11.8 Å². The van der Waals surface area contributed by atoms with Gasteiger partial charge in [-0.3, -0.25) is 0 Å². The number of carbonyl (C=O) groups is 4. The maximum Gasteiger partial charge on any atom is 0.373 e. The predicted molar refractivity (Wildman–Crippen MR) is 197 cm³/mol. The third kappa shape index (κ3) is 12.4. The lowest BCUT2D eigenvalue weighted by atomic mass is 9.78. The zero-order valence-electron chi connectivity index (χ0n) is 32.3. The van der Waals surface area contributed by atoms with Crippen molar-refractivity contribution in [3.8, 4) is 0 Å². The number of ether oxygens (including phenoxy) is 6. The van der Waals surface area contributed by atoms with Crippen LogP contribution >= 0.6 is 0 Å². The summed E-state index contributed by atoms with van der Waals surface area (Å²) < 4.78 is 39.5. The number of methoxy groups -OCH3 is 3. The van der Waals surface area contributed by atoms with Gasteiger partial charge in [-0.25, -0.2) is 19.2 Å². The average Bonchev–Trinajstić information content (AvgIpc) is 3.66. The molecule has 1 spiro atoms. The molecule has 0 amide bonds. The molecule has 0 bridgehead atoms. The van der Waals surface area contributed by atoms with Crippen molar-refractivity contribution in [2.45, 2.75) is 116 Å². The number of esters is 4. The maximum atomic E-state index is 13.6. The van der Waals surface area contributed by atoms with Crippen LogP contribution in [0.5, 0.6) is 0 Å². The fraction of sp³-hybridized carbons (Fsp3) is 0.561. The highest BCUT2D eigenvalue weighted by Gasteiger charge is 2.54. The van der Waals surface area contributed by atoms with Crippen molar-refractivity contribution >= 4 is 23.9 Å². The molecule has 12 nitrogen and oxygen atoms in total. The minimum absolute atomic E-state index is 0.0738. The Morgan fingerprint density at radius 3 is 2.36 bits per heavy atom. The van der Waals surface area contributed by atoms with Gasteiger partial charge in [0.1, 0.15) is 18.0 Å². The standard InChI is InChI=1S/C41H56O12/c1-9-10-20-40(53-38(45)31-25-34(50-26-31)39(46)49-8)22-23-41(52-35(40)17-13-28(3)24-37(44)48-7)21-19-30(5)33(51-41)16-12-27(2)11-15-32(42)29(4)14-18-36(43)47-6/h11-15,17-18,24-26,29-30,32-33,35,42H,9-10,16,19-23H2,1-8H3/b15-11+,17-13+,18-14+,27-12+,28-24+/t29-,30-,32-,33+,35-,40+,41-/m0/s1. The minimum atomic E-state index is -1.09. The van der Waals surface area contributed by atoms with Gasteiger partial charge < -0.3 is 37.9 Å². The van der Waals surface area contributed by atoms with Crippen LogP contribution in [0.1, 0.15) is 107 Å². The van der Waals surface area contributed by atoms with Gasteiger partial charge >= 0.3 is 23.9 Å². The van der Waals surface area contributed by atoms with Crippen molar-refractivity contribution in [2.24, 2.45) is 11.8 Å². The second-order valence-corrected chi connectivity index (χ2v) is 13.9. The van der Waals surface area contributed by atoms with Crippen molar-refractivity contribution in [2.75, 3.05) is 21.3 Å². The molecule has 2 fully saturated rings. The summed E-state index contributed by atoms with van der Waals surface area (Å²) in [6, 6.07) is 1.30. The zero-order valence-corrected chi connectivity index (χ0v) is 32.3. The first-order chi connectivity index (χ1) is 25.2. The second kappa shape index (κ2) is 20.3. The number of aliphatic hydroxyl groups excluding tert-OH is 1. The van der Waals surface area contributed by atoms with E-state index >= 15 is 0 Å². The van der Waals surface area contributed by atoms with Crippen LogP contribution in [0.2, 0.25) is 0 Å². The molecule has 2 saturated heterocycles. The molecule has 2 aliphatic rings. The first-order valence-electron chi connectivity index (χ1n) is 18.2. The molecule has 0 aromatic carbocycles. The molecule has 0 unspecified atom stereocenters. The molecule has 1 aromatic rings. The molecule has 292 valence electrons.